The minimum absolute atomic E-state index is 0.117. The van der Waals surface area contributed by atoms with Crippen LogP contribution >= 0.6 is 34.7 Å². The first-order chi connectivity index (χ1) is 18.3. The van der Waals surface area contributed by atoms with E-state index in [2.05, 4.69) is 0 Å². The lowest BCUT2D eigenvalue weighted by Crippen LogP contribution is -2.39. The van der Waals surface area contributed by atoms with Crippen molar-refractivity contribution >= 4 is 58.1 Å². The Morgan fingerprint density at radius 1 is 0.947 bits per heavy atom. The van der Waals surface area contributed by atoms with E-state index in [1.54, 1.807) is 41.3 Å². The Balaban J connectivity index is 1.43. The summed E-state index contributed by atoms with van der Waals surface area (Å²) >= 11 is 8.18. The van der Waals surface area contributed by atoms with Crippen LogP contribution in [-0.2, 0) is 20.9 Å². The van der Waals surface area contributed by atoms with Gasteiger partial charge in [0.25, 0.3) is 0 Å². The molecular formula is C27H23ClFN3O4S2. The van der Waals surface area contributed by atoms with Gasteiger partial charge in [0.2, 0.25) is 17.7 Å². The van der Waals surface area contributed by atoms with Crippen LogP contribution in [0.4, 0.5) is 10.1 Å². The summed E-state index contributed by atoms with van der Waals surface area (Å²) < 4.78 is 15.3. The molecule has 2 saturated heterocycles. The second-order valence-corrected chi connectivity index (χ2v) is 12.2. The number of thioether (sulfide) groups is 1. The number of benzene rings is 2. The van der Waals surface area contributed by atoms with Gasteiger partial charge < -0.3 is 4.90 Å². The van der Waals surface area contributed by atoms with Crippen molar-refractivity contribution in [3.63, 3.8) is 0 Å². The lowest BCUT2D eigenvalue weighted by molar-refractivity contribution is -0.133. The number of hydrogen-bond donors (Lipinski definition) is 0. The van der Waals surface area contributed by atoms with Gasteiger partial charge in [-0.3, -0.25) is 23.7 Å². The molecule has 3 amide bonds. The number of carbonyl (C=O) groups excluding carboxylic acids is 3. The number of imide groups is 1. The second-order valence-electron chi connectivity index (χ2n) is 9.65. The van der Waals surface area contributed by atoms with Crippen molar-refractivity contribution in [2.45, 2.75) is 42.0 Å². The first-order valence-corrected chi connectivity index (χ1v) is 14.5. The van der Waals surface area contributed by atoms with E-state index < -0.39 is 28.8 Å². The fraction of sp³-hybridized carbons (Fsp3) is 0.333. The standard InChI is InChI=1S/C27H23ClFN3O4S2/c28-16-6-10-18(11-7-16)32-24(34)21-20(15-4-8-17(29)9-5-15)23-26(37-22(21)25(32)35)31(27(36)38-23)14-19(33)30-12-2-1-3-13-30/h4-11,20-22H,1-3,12-14H2. The predicted octanol–water partition coefficient (Wildman–Crippen LogP) is 4.51. The summed E-state index contributed by atoms with van der Waals surface area (Å²) in [5, 5.41) is 0.208. The van der Waals surface area contributed by atoms with Gasteiger partial charge in [0.05, 0.1) is 16.6 Å². The molecule has 6 rings (SSSR count). The summed E-state index contributed by atoms with van der Waals surface area (Å²) in [6.45, 7) is 1.21. The quantitative estimate of drug-likeness (QED) is 0.431. The zero-order valence-corrected chi connectivity index (χ0v) is 22.5. The van der Waals surface area contributed by atoms with Crippen molar-refractivity contribution in [3.8, 4) is 0 Å². The maximum absolute atomic E-state index is 13.8. The van der Waals surface area contributed by atoms with Crippen LogP contribution in [0.15, 0.2) is 58.4 Å². The van der Waals surface area contributed by atoms with Crippen LogP contribution in [0.2, 0.25) is 5.02 Å². The molecule has 7 nitrogen and oxygen atoms in total. The molecule has 0 N–H and O–H groups in total. The van der Waals surface area contributed by atoms with Gasteiger partial charge in [-0.15, -0.1) is 0 Å². The van der Waals surface area contributed by atoms with E-state index in [1.165, 1.54) is 33.4 Å². The Hall–Kier alpha value is -2.95. The number of nitrogens with zero attached hydrogens (tertiary/aromatic N) is 3. The average molecular weight is 572 g/mol. The lowest BCUT2D eigenvalue weighted by atomic mass is 9.83. The number of thiazole rings is 1. The molecule has 2 aromatic carbocycles. The lowest BCUT2D eigenvalue weighted by Gasteiger charge is -2.31. The molecule has 0 aliphatic carbocycles. The third-order valence-electron chi connectivity index (χ3n) is 7.37. The number of aromatic nitrogens is 1. The van der Waals surface area contributed by atoms with Gasteiger partial charge in [0.1, 0.15) is 17.6 Å². The summed E-state index contributed by atoms with van der Waals surface area (Å²) in [6.07, 6.45) is 2.95. The Kier molecular flexibility index (Phi) is 6.65. The summed E-state index contributed by atoms with van der Waals surface area (Å²) in [6, 6.07) is 12.3. The molecule has 196 valence electrons. The highest BCUT2D eigenvalue weighted by atomic mass is 35.5. The van der Waals surface area contributed by atoms with Crippen molar-refractivity contribution < 1.29 is 18.8 Å². The number of hydrogen-bond acceptors (Lipinski definition) is 6. The van der Waals surface area contributed by atoms with Gasteiger partial charge in [-0.1, -0.05) is 46.8 Å². The molecule has 0 saturated carbocycles. The molecule has 3 unspecified atom stereocenters. The molecule has 38 heavy (non-hydrogen) atoms. The number of anilines is 1. The van der Waals surface area contributed by atoms with Crippen molar-refractivity contribution in [1.82, 2.24) is 9.47 Å². The number of fused-ring (bicyclic) bond motifs is 2. The molecule has 0 bridgehead atoms. The maximum atomic E-state index is 13.8. The van der Waals surface area contributed by atoms with Crippen molar-refractivity contribution in [2.24, 2.45) is 5.92 Å². The van der Waals surface area contributed by atoms with E-state index in [-0.39, 0.29) is 23.2 Å². The molecule has 0 spiro atoms. The van der Waals surface area contributed by atoms with E-state index >= 15 is 0 Å². The second kappa shape index (κ2) is 9.98. The zero-order chi connectivity index (χ0) is 26.6. The van der Waals surface area contributed by atoms with E-state index in [0.29, 0.717) is 39.3 Å². The molecule has 2 fully saturated rings. The molecule has 1 aromatic heterocycles. The van der Waals surface area contributed by atoms with E-state index in [0.717, 1.165) is 30.6 Å². The smallest absolute Gasteiger partial charge is 0.308 e. The number of amides is 3. The van der Waals surface area contributed by atoms with Crippen molar-refractivity contribution in [3.05, 3.63) is 79.5 Å². The van der Waals surface area contributed by atoms with Crippen LogP contribution in [0.5, 0.6) is 0 Å². The first kappa shape index (κ1) is 25.3. The highest BCUT2D eigenvalue weighted by Gasteiger charge is 2.56. The first-order valence-electron chi connectivity index (χ1n) is 12.4. The van der Waals surface area contributed by atoms with Crippen LogP contribution in [0.3, 0.4) is 0 Å². The monoisotopic (exact) mass is 571 g/mol. The molecule has 11 heteroatoms. The highest BCUT2D eigenvalue weighted by molar-refractivity contribution is 8.00. The maximum Gasteiger partial charge on any atom is 0.308 e. The van der Waals surface area contributed by atoms with Crippen LogP contribution < -0.4 is 9.77 Å². The fourth-order valence-electron chi connectivity index (χ4n) is 5.51. The largest absolute Gasteiger partial charge is 0.341 e. The predicted molar refractivity (Wildman–Crippen MR) is 144 cm³/mol. The molecule has 0 radical (unpaired) electrons. The van der Waals surface area contributed by atoms with Gasteiger partial charge in [0.15, 0.2) is 0 Å². The number of rotatable bonds is 4. The Bertz CT molecular complexity index is 1480. The molecule has 3 atom stereocenters. The molecule has 3 aliphatic rings. The van der Waals surface area contributed by atoms with Crippen LogP contribution in [0.25, 0.3) is 0 Å². The van der Waals surface area contributed by atoms with Crippen LogP contribution in [-0.4, -0.2) is 45.5 Å². The van der Waals surface area contributed by atoms with E-state index in [9.17, 15) is 23.6 Å². The van der Waals surface area contributed by atoms with Gasteiger partial charge in [0, 0.05) is 28.9 Å². The highest BCUT2D eigenvalue weighted by Crippen LogP contribution is 2.53. The summed E-state index contributed by atoms with van der Waals surface area (Å²) in [5.41, 5.74) is 1.05. The average Bonchev–Trinajstić information content (AvgIpc) is 3.36. The number of halogens is 2. The van der Waals surface area contributed by atoms with Gasteiger partial charge in [-0.2, -0.15) is 0 Å². The minimum atomic E-state index is -0.800. The minimum Gasteiger partial charge on any atom is -0.341 e. The topological polar surface area (TPSA) is 79.7 Å². The van der Waals surface area contributed by atoms with Gasteiger partial charge in [-0.25, -0.2) is 9.29 Å². The third-order valence-corrected chi connectivity index (χ3v) is 10.2. The van der Waals surface area contributed by atoms with E-state index in [1.807, 2.05) is 0 Å². The van der Waals surface area contributed by atoms with Crippen molar-refractivity contribution in [1.29, 1.82) is 0 Å². The van der Waals surface area contributed by atoms with Gasteiger partial charge in [-0.05, 0) is 61.2 Å². The summed E-state index contributed by atoms with van der Waals surface area (Å²) in [5.74, 6) is -2.75. The molecule has 4 heterocycles. The molecule has 3 aromatic rings. The van der Waals surface area contributed by atoms with Gasteiger partial charge >= 0.3 is 4.87 Å². The Morgan fingerprint density at radius 3 is 2.32 bits per heavy atom. The fourth-order valence-corrected chi connectivity index (χ4v) is 8.41. The number of carbonyl (C=O) groups is 3. The molecular weight excluding hydrogens is 549 g/mol. The Labute approximate surface area is 231 Å². The summed E-state index contributed by atoms with van der Waals surface area (Å²) in [4.78, 5) is 57.1. The Morgan fingerprint density at radius 2 is 1.63 bits per heavy atom. The molecule has 3 aliphatic heterocycles. The van der Waals surface area contributed by atoms with Crippen LogP contribution in [0, 0.1) is 11.7 Å². The van der Waals surface area contributed by atoms with Crippen LogP contribution in [0.1, 0.15) is 35.6 Å². The SMILES string of the molecule is O=C(Cn1c2c(sc1=O)C(c1ccc(F)cc1)C1C(=O)N(c3ccc(Cl)cc3)C(=O)C1S2)N1CCCCC1. The zero-order valence-electron chi connectivity index (χ0n) is 20.1. The normalized spacial score (nSPS) is 22.9. The van der Waals surface area contributed by atoms with Crippen molar-refractivity contribution in [2.75, 3.05) is 18.0 Å². The third kappa shape index (κ3) is 4.28. The summed E-state index contributed by atoms with van der Waals surface area (Å²) in [7, 11) is 0. The number of likely N-dealkylation sites (tertiary alicyclic amines) is 1. The number of piperidine rings is 1. The van der Waals surface area contributed by atoms with E-state index in [4.69, 9.17) is 11.6 Å².